The number of allylic oxidation sites excluding steroid dienone is 16. The van der Waals surface area contributed by atoms with Crippen molar-refractivity contribution in [2.45, 2.75) is 295 Å². The quantitative estimate of drug-likeness (QED) is 0.123. The second kappa shape index (κ2) is 34.2. The van der Waals surface area contributed by atoms with Crippen LogP contribution in [0.25, 0.3) is 11.0 Å². The van der Waals surface area contributed by atoms with E-state index in [1.165, 1.54) is 72.4 Å². The summed E-state index contributed by atoms with van der Waals surface area (Å²) in [7, 11) is 4.18. The molecule has 19 aliphatic rings. The van der Waals surface area contributed by atoms with Gasteiger partial charge in [-0.1, -0.05) is 104 Å². The van der Waals surface area contributed by atoms with Crippen LogP contribution in [0.3, 0.4) is 0 Å². The van der Waals surface area contributed by atoms with E-state index in [2.05, 4.69) is 159 Å². The van der Waals surface area contributed by atoms with Gasteiger partial charge in [0.2, 0.25) is 6.79 Å². The number of likely N-dealkylation sites (N-methyl/N-ethyl adjacent to an activating group) is 1. The van der Waals surface area contributed by atoms with E-state index >= 15 is 0 Å². The summed E-state index contributed by atoms with van der Waals surface area (Å²) in [5.41, 5.74) is 20.3. The van der Waals surface area contributed by atoms with Crippen molar-refractivity contribution in [3.63, 3.8) is 0 Å². The molecule has 0 radical (unpaired) electrons. The highest BCUT2D eigenvalue weighted by Gasteiger charge is 2.68. The van der Waals surface area contributed by atoms with Gasteiger partial charge in [0, 0.05) is 97.1 Å². The molecule has 4 aromatic carbocycles. The van der Waals surface area contributed by atoms with Gasteiger partial charge in [-0.2, -0.15) is 0 Å². The van der Waals surface area contributed by atoms with Crippen molar-refractivity contribution < 1.29 is 63.3 Å². The van der Waals surface area contributed by atoms with E-state index in [0.717, 1.165) is 224 Å². The second-order valence-electron chi connectivity index (χ2n) is 43.9. The molecule has 698 valence electrons. The first-order valence-corrected chi connectivity index (χ1v) is 50.7. The predicted octanol–water partition coefficient (Wildman–Crippen LogP) is 21.3. The Morgan fingerprint density at radius 2 is 0.776 bits per heavy atom. The maximum atomic E-state index is 12.2. The number of rotatable bonds is 4. The number of imidazole rings is 1. The van der Waals surface area contributed by atoms with Crippen molar-refractivity contribution in [1.29, 1.82) is 0 Å². The van der Waals surface area contributed by atoms with Crippen molar-refractivity contribution in [2.75, 3.05) is 45.1 Å². The number of fused-ring (bicyclic) bond motifs is 20. The minimum absolute atomic E-state index is 0.132. The van der Waals surface area contributed by atoms with E-state index in [1.807, 2.05) is 71.1 Å². The number of ether oxygens (including phenoxy) is 5. The highest BCUT2D eigenvalue weighted by molar-refractivity contribution is 5.95. The molecule has 16 aliphatic carbocycles. The lowest BCUT2D eigenvalue weighted by atomic mass is 9.51. The Labute approximate surface area is 791 Å². The van der Waals surface area contributed by atoms with E-state index in [0.29, 0.717) is 92.8 Å². The van der Waals surface area contributed by atoms with Gasteiger partial charge in [0.25, 0.3) is 0 Å². The van der Waals surface area contributed by atoms with Crippen molar-refractivity contribution >= 4 is 39.9 Å². The van der Waals surface area contributed by atoms with Gasteiger partial charge in [-0.15, -0.1) is 23.7 Å². The van der Waals surface area contributed by atoms with Gasteiger partial charge >= 0.3 is 0 Å². The Balaban J connectivity index is 0.000000107. The third kappa shape index (κ3) is 14.5. The Morgan fingerprint density at radius 1 is 0.396 bits per heavy atom. The molecule has 0 spiro atoms. The number of hydrogen-bond donors (Lipinski definition) is 4. The first kappa shape index (κ1) is 90.3. The van der Waals surface area contributed by atoms with E-state index in [4.69, 9.17) is 28.7 Å². The fourth-order valence-electron chi connectivity index (χ4n) is 31.3. The molecule has 0 saturated heterocycles. The van der Waals surface area contributed by atoms with Crippen LogP contribution >= 0.6 is 0 Å². The third-order valence-electron chi connectivity index (χ3n) is 37.9. The van der Waals surface area contributed by atoms with Crippen molar-refractivity contribution in [3.05, 3.63) is 192 Å². The van der Waals surface area contributed by atoms with Crippen LogP contribution in [0.1, 0.15) is 293 Å². The maximum absolute atomic E-state index is 12.2. The first-order valence-electron chi connectivity index (χ1n) is 50.7. The number of aromatic nitrogens is 2. The second-order valence-corrected chi connectivity index (χ2v) is 43.9. The van der Waals surface area contributed by atoms with Crippen LogP contribution in [0.4, 0.5) is 5.69 Å². The molecule has 8 fully saturated rings. The lowest BCUT2D eigenvalue weighted by molar-refractivity contribution is -0.115. The number of ketones is 4. The molecule has 3 aliphatic heterocycles. The van der Waals surface area contributed by atoms with Crippen LogP contribution in [-0.2, 0) is 26.2 Å². The van der Waals surface area contributed by atoms with E-state index in [9.17, 15) is 39.6 Å². The number of benzene rings is 4. The largest absolute Gasteiger partial charge is 0.490 e. The van der Waals surface area contributed by atoms with Gasteiger partial charge in [-0.05, 0) is 364 Å². The molecule has 1 aromatic heterocycles. The van der Waals surface area contributed by atoms with Crippen molar-refractivity contribution in [3.8, 4) is 76.1 Å². The van der Waals surface area contributed by atoms with Crippen LogP contribution in [-0.4, -0.2) is 116 Å². The molecule has 5 aromatic rings. The highest BCUT2D eigenvalue weighted by Crippen LogP contribution is 2.73. The van der Waals surface area contributed by atoms with Gasteiger partial charge < -0.3 is 53.6 Å². The zero-order chi connectivity index (χ0) is 93.1. The molecule has 4 heterocycles. The highest BCUT2D eigenvalue weighted by atomic mass is 16.7. The number of anilines is 1. The Morgan fingerprint density at radius 3 is 1.21 bits per heavy atom. The number of hydrogen-bond acceptors (Lipinski definition) is 15. The number of aliphatic hydroxyl groups is 4. The lowest BCUT2D eigenvalue weighted by Gasteiger charge is -2.53. The van der Waals surface area contributed by atoms with Crippen LogP contribution in [0.15, 0.2) is 164 Å². The van der Waals surface area contributed by atoms with Crippen LogP contribution in [0, 0.1) is 123 Å². The van der Waals surface area contributed by atoms with E-state index in [1.54, 1.807) is 11.1 Å². The number of aryl methyl sites for hydroxylation is 2. The molecule has 0 amide bonds. The minimum Gasteiger partial charge on any atom is -0.490 e. The van der Waals surface area contributed by atoms with Gasteiger partial charge in [0.1, 0.15) is 40.6 Å². The molecule has 20 atom stereocenters. The van der Waals surface area contributed by atoms with Crippen LogP contribution < -0.4 is 28.6 Å². The number of carbonyl (C=O) groups is 4. The average Bonchev–Trinajstić information content (AvgIpc) is 1.52. The van der Waals surface area contributed by atoms with Gasteiger partial charge in [-0.3, -0.25) is 19.2 Å². The minimum atomic E-state index is -0.963. The fourth-order valence-corrected chi connectivity index (χ4v) is 31.3. The Kier molecular flexibility index (Phi) is 23.1. The van der Waals surface area contributed by atoms with Gasteiger partial charge in [-0.25, -0.2) is 4.98 Å². The summed E-state index contributed by atoms with van der Waals surface area (Å²) in [5, 5.41) is 47.2. The maximum Gasteiger partial charge on any atom is 0.231 e. The Hall–Kier alpha value is -10.2. The molecule has 134 heavy (non-hydrogen) atoms. The fraction of sp³-hybridized carbons (Fsp3) is 0.551. The Bertz CT molecular complexity index is 6340. The van der Waals surface area contributed by atoms with Gasteiger partial charge in [0.15, 0.2) is 46.1 Å². The summed E-state index contributed by atoms with van der Waals surface area (Å²) in [5.74, 6) is 35.6. The van der Waals surface area contributed by atoms with Crippen molar-refractivity contribution in [2.24, 2.45) is 76.1 Å². The topological polar surface area (TPSA) is 216 Å². The number of carbonyl (C=O) groups excluding carboxylic acids is 4. The summed E-state index contributed by atoms with van der Waals surface area (Å²) in [6.07, 6.45) is 33.0. The SMILES string of the molecule is CC#C[C@]1(O)CC[C@H]2[C@@H]3CCC4=CC(=O)CCC4=C3[C@@H](c3ccc4c(c3)OCCCO4)C[C@@]21C.CC#C[C@]1(O)CC[C@H]2[C@@H]3CCC4=CC(=O)CCC4=C3[C@@H](c3ccc4c(c3)OCCN4C)C[C@@]21C.CC#C[C@]1(O)CC[C@H]2[C@@H]3CCC4=CC(=O)CCC4=C3[C@@H](c3ccc4c(c3)nc(C)n4C)C[C@@]21C.CC#C[C@]1(O)CC[C@H]2[C@@H]3CCC4=CC(=O)CCC4=C3[C@@H](c3cccc4c3OCO4)C[C@@]21C. The van der Waals surface area contributed by atoms with E-state index < -0.39 is 22.4 Å². The first-order chi connectivity index (χ1) is 64.5. The van der Waals surface area contributed by atoms with Gasteiger partial charge in [0.05, 0.1) is 36.5 Å². The molecule has 4 N–H and O–H groups in total. The monoisotopic (exact) mass is 1800 g/mol. The van der Waals surface area contributed by atoms with Crippen LogP contribution in [0.5, 0.6) is 28.7 Å². The summed E-state index contributed by atoms with van der Waals surface area (Å²) in [6.45, 7) is 21.7. The molecule has 8 saturated carbocycles. The molecule has 0 unspecified atom stereocenters. The summed E-state index contributed by atoms with van der Waals surface area (Å²) >= 11 is 0. The summed E-state index contributed by atoms with van der Waals surface area (Å²) < 4.78 is 31.9. The summed E-state index contributed by atoms with van der Waals surface area (Å²) in [4.78, 5) is 56.0. The number of nitrogens with zero attached hydrogens (tertiary/aromatic N) is 3. The average molecular weight is 1800 g/mol. The summed E-state index contributed by atoms with van der Waals surface area (Å²) in [6, 6.07) is 26.1. The standard InChI is InChI=1S/C30H34N2O2.C30H35NO3.C30H34O4.C28H30O4/c1-5-13-30(34)14-12-25-23-9-6-19-15-21(33)8-10-22(19)28(23)24(17-29(25,30)3)20-7-11-27-26(16-20)31-18(2)32(27)4;1-4-12-30(33)13-11-25-23-8-5-19-16-21(32)7-9-22(19)28(23)24(18-29(25,30)2)20-6-10-26-27(17-20)34-15-14-31(26)3;1-3-12-30(32)13-11-25-23-8-5-19-16-21(31)7-9-22(19)28(23)24(18-29(25,30)2)20-6-10-26-27(17-20)34-15-4-14-33-26;1-3-12-28(30)13-11-23-21-9-7-17-14-18(29)8-10-19(17)25(21)22(15-27(23,28)2)20-5-4-6-24-26(20)32-16-31-24/h7,11,15-16,23-25,34H,6,8-10,12,14,17H2,1-4H3;6,10,16-17,23-25,33H,5,7-9,11,13-15,18H2,1-3H3;6,10,16-17,23-25,32H,4-5,7-9,11,13-15,18H2,1-2H3;4-6,14,21-23,30H,7-11,13,15-16H2,1-2H3/t3*23-,24+,25-,29-,30-;21-,22+,23-,27-,28-/m0000/s1. The van der Waals surface area contributed by atoms with Crippen LogP contribution in [0.2, 0.25) is 0 Å². The predicted molar refractivity (Wildman–Crippen MR) is 520 cm³/mol. The molecular weight excluding hydrogens is 1670 g/mol. The molecule has 16 heteroatoms. The number of para-hydroxylation sites is 1. The molecule has 0 bridgehead atoms. The third-order valence-corrected chi connectivity index (χ3v) is 37.9. The van der Waals surface area contributed by atoms with Crippen molar-refractivity contribution in [1.82, 2.24) is 9.55 Å². The van der Waals surface area contributed by atoms with E-state index in [-0.39, 0.29) is 75.3 Å². The smallest absolute Gasteiger partial charge is 0.231 e. The lowest BCUT2D eigenvalue weighted by Crippen LogP contribution is -2.51. The molecular formula is C118H133N3O13. The zero-order valence-corrected chi connectivity index (χ0v) is 80.5. The molecule has 16 nitrogen and oxygen atoms in total. The normalized spacial score (nSPS) is 36.2. The molecule has 24 rings (SSSR count). The zero-order valence-electron chi connectivity index (χ0n) is 80.5.